The molecule has 0 aliphatic carbocycles. The van der Waals surface area contributed by atoms with Gasteiger partial charge >= 0.3 is 0 Å². The van der Waals surface area contributed by atoms with Crippen LogP contribution in [-0.4, -0.2) is 40.1 Å². The van der Waals surface area contributed by atoms with Gasteiger partial charge in [0, 0.05) is 29.1 Å². The molecule has 2 unspecified atom stereocenters. The molecule has 120 valence electrons. The van der Waals surface area contributed by atoms with Crippen LogP contribution in [0, 0.1) is 5.92 Å². The van der Waals surface area contributed by atoms with Gasteiger partial charge in [0.1, 0.15) is 6.10 Å². The van der Waals surface area contributed by atoms with Crippen molar-refractivity contribution >= 4 is 15.9 Å². The van der Waals surface area contributed by atoms with E-state index in [-0.39, 0.29) is 6.10 Å². The summed E-state index contributed by atoms with van der Waals surface area (Å²) < 4.78 is 7.31. The molecule has 2 aromatic rings. The Bertz CT molecular complexity index is 641. The van der Waals surface area contributed by atoms with Crippen molar-refractivity contribution < 1.29 is 4.74 Å². The number of rotatable bonds is 4. The number of nitrogens with zero attached hydrogens (tertiary/aromatic N) is 3. The van der Waals surface area contributed by atoms with Crippen molar-refractivity contribution in [2.24, 2.45) is 5.92 Å². The van der Waals surface area contributed by atoms with Crippen LogP contribution in [0.2, 0.25) is 0 Å². The maximum atomic E-state index is 6.34. The third-order valence-electron chi connectivity index (χ3n) is 5.01. The Hall–Kier alpha value is -1.46. The molecular formula is C18H20BrN3O. The lowest BCUT2D eigenvalue weighted by molar-refractivity contribution is -0.0596. The van der Waals surface area contributed by atoms with Gasteiger partial charge in [-0.2, -0.15) is 0 Å². The van der Waals surface area contributed by atoms with Crippen LogP contribution in [0.4, 0.5) is 0 Å². The normalized spacial score (nSPS) is 29.4. The summed E-state index contributed by atoms with van der Waals surface area (Å²) in [5, 5.41) is 0. The first-order valence-corrected chi connectivity index (χ1v) is 9.00. The minimum Gasteiger partial charge on any atom is -0.472 e. The van der Waals surface area contributed by atoms with Gasteiger partial charge in [-0.15, -0.1) is 0 Å². The molecule has 0 saturated carbocycles. The first-order chi connectivity index (χ1) is 11.3. The summed E-state index contributed by atoms with van der Waals surface area (Å²) in [7, 11) is 0. The molecule has 5 heterocycles. The molecule has 3 saturated heterocycles. The Kier molecular flexibility index (Phi) is 4.31. The van der Waals surface area contributed by atoms with Crippen molar-refractivity contribution in [3.8, 4) is 5.88 Å². The highest BCUT2D eigenvalue weighted by Crippen LogP contribution is 2.36. The van der Waals surface area contributed by atoms with E-state index < -0.39 is 0 Å². The second kappa shape index (κ2) is 6.57. The minimum atomic E-state index is 0.214. The SMILES string of the molecule is Brc1ccc(OC2C3CCN(CC3)C2Cc2cccnc2)nc1. The number of hydrogen-bond acceptors (Lipinski definition) is 4. The van der Waals surface area contributed by atoms with Crippen molar-refractivity contribution in [1.82, 2.24) is 14.9 Å². The van der Waals surface area contributed by atoms with Crippen LogP contribution >= 0.6 is 15.9 Å². The van der Waals surface area contributed by atoms with Crippen LogP contribution < -0.4 is 4.74 Å². The fraction of sp³-hybridized carbons (Fsp3) is 0.444. The van der Waals surface area contributed by atoms with E-state index in [2.05, 4.69) is 36.9 Å². The van der Waals surface area contributed by atoms with Crippen LogP contribution in [0.25, 0.3) is 0 Å². The highest BCUT2D eigenvalue weighted by atomic mass is 79.9. The minimum absolute atomic E-state index is 0.214. The average Bonchev–Trinajstić information content (AvgIpc) is 2.61. The van der Waals surface area contributed by atoms with E-state index in [1.807, 2.05) is 30.6 Å². The molecule has 5 rings (SSSR count). The lowest BCUT2D eigenvalue weighted by Crippen LogP contribution is -2.60. The van der Waals surface area contributed by atoms with Crippen molar-refractivity contribution in [2.75, 3.05) is 13.1 Å². The monoisotopic (exact) mass is 373 g/mol. The van der Waals surface area contributed by atoms with Crippen molar-refractivity contribution in [3.63, 3.8) is 0 Å². The predicted octanol–water partition coefficient (Wildman–Crippen LogP) is 3.32. The fourth-order valence-corrected chi connectivity index (χ4v) is 4.09. The molecule has 0 N–H and O–H groups in total. The number of aromatic nitrogens is 2. The Morgan fingerprint density at radius 3 is 2.74 bits per heavy atom. The van der Waals surface area contributed by atoms with Crippen LogP contribution in [0.15, 0.2) is 47.3 Å². The summed E-state index contributed by atoms with van der Waals surface area (Å²) in [6.07, 6.45) is 9.26. The largest absolute Gasteiger partial charge is 0.472 e. The number of piperidine rings is 3. The number of halogens is 1. The topological polar surface area (TPSA) is 38.2 Å². The molecule has 3 fully saturated rings. The van der Waals surface area contributed by atoms with E-state index in [0.29, 0.717) is 12.0 Å². The molecule has 3 aliphatic heterocycles. The van der Waals surface area contributed by atoms with E-state index >= 15 is 0 Å². The van der Waals surface area contributed by atoms with Gasteiger partial charge in [-0.05, 0) is 71.9 Å². The first-order valence-electron chi connectivity index (χ1n) is 8.21. The van der Waals surface area contributed by atoms with E-state index in [9.17, 15) is 0 Å². The lowest BCUT2D eigenvalue weighted by Gasteiger charge is -2.50. The second-order valence-electron chi connectivity index (χ2n) is 6.40. The van der Waals surface area contributed by atoms with Crippen molar-refractivity contribution in [2.45, 2.75) is 31.4 Å². The number of hydrogen-bond donors (Lipinski definition) is 0. The molecule has 0 spiro atoms. The third-order valence-corrected chi connectivity index (χ3v) is 5.48. The first kappa shape index (κ1) is 15.1. The van der Waals surface area contributed by atoms with E-state index in [4.69, 9.17) is 4.74 Å². The molecule has 0 amide bonds. The highest BCUT2D eigenvalue weighted by molar-refractivity contribution is 9.10. The summed E-state index contributed by atoms with van der Waals surface area (Å²) in [6.45, 7) is 2.37. The Morgan fingerprint density at radius 1 is 1.17 bits per heavy atom. The quantitative estimate of drug-likeness (QED) is 0.823. The summed E-state index contributed by atoms with van der Waals surface area (Å²) in [5.41, 5.74) is 1.28. The van der Waals surface area contributed by atoms with Gasteiger partial charge in [-0.25, -0.2) is 4.98 Å². The van der Waals surface area contributed by atoms with E-state index in [1.165, 1.54) is 31.5 Å². The lowest BCUT2D eigenvalue weighted by atomic mass is 9.78. The van der Waals surface area contributed by atoms with E-state index in [1.54, 1.807) is 6.20 Å². The molecule has 2 atom stereocenters. The smallest absolute Gasteiger partial charge is 0.213 e. The van der Waals surface area contributed by atoms with Crippen LogP contribution in [-0.2, 0) is 6.42 Å². The van der Waals surface area contributed by atoms with Gasteiger partial charge in [0.15, 0.2) is 0 Å². The standard InChI is InChI=1S/C18H20BrN3O/c19-15-3-4-17(21-12-15)23-18-14-5-8-22(9-6-14)16(18)10-13-2-1-7-20-11-13/h1-4,7,11-12,14,16,18H,5-6,8-10H2. The number of fused-ring (bicyclic) bond motifs is 3. The second-order valence-corrected chi connectivity index (χ2v) is 7.32. The summed E-state index contributed by atoms with van der Waals surface area (Å²) in [6, 6.07) is 8.52. The van der Waals surface area contributed by atoms with Gasteiger partial charge in [0.2, 0.25) is 5.88 Å². The summed E-state index contributed by atoms with van der Waals surface area (Å²) >= 11 is 3.43. The van der Waals surface area contributed by atoms with Gasteiger partial charge in [-0.1, -0.05) is 6.07 Å². The maximum absolute atomic E-state index is 6.34. The molecule has 4 nitrogen and oxygen atoms in total. The Morgan fingerprint density at radius 2 is 2.04 bits per heavy atom. The number of pyridine rings is 2. The van der Waals surface area contributed by atoms with Crippen molar-refractivity contribution in [3.05, 3.63) is 52.9 Å². The zero-order valence-corrected chi connectivity index (χ0v) is 14.5. The zero-order valence-electron chi connectivity index (χ0n) is 12.9. The molecule has 5 heteroatoms. The molecule has 23 heavy (non-hydrogen) atoms. The zero-order chi connectivity index (χ0) is 15.6. The Balaban J connectivity index is 1.55. The molecule has 2 bridgehead atoms. The predicted molar refractivity (Wildman–Crippen MR) is 92.4 cm³/mol. The molecule has 2 aromatic heterocycles. The van der Waals surface area contributed by atoms with Gasteiger partial charge in [0.05, 0.1) is 6.04 Å². The average molecular weight is 374 g/mol. The molecule has 0 radical (unpaired) electrons. The van der Waals surface area contributed by atoms with Gasteiger partial charge in [0.25, 0.3) is 0 Å². The van der Waals surface area contributed by atoms with Gasteiger partial charge in [-0.3, -0.25) is 9.88 Å². The maximum Gasteiger partial charge on any atom is 0.213 e. The molecule has 3 aliphatic rings. The molecular weight excluding hydrogens is 354 g/mol. The summed E-state index contributed by atoms with van der Waals surface area (Å²) in [5.74, 6) is 1.36. The number of ether oxygens (including phenoxy) is 1. The van der Waals surface area contributed by atoms with Gasteiger partial charge < -0.3 is 4.74 Å². The van der Waals surface area contributed by atoms with Crippen LogP contribution in [0.5, 0.6) is 5.88 Å². The highest BCUT2D eigenvalue weighted by Gasteiger charge is 2.43. The van der Waals surface area contributed by atoms with Crippen molar-refractivity contribution in [1.29, 1.82) is 0 Å². The third kappa shape index (κ3) is 3.26. The fourth-order valence-electron chi connectivity index (χ4n) is 3.85. The Labute approximate surface area is 145 Å². The summed E-state index contributed by atoms with van der Waals surface area (Å²) in [4.78, 5) is 11.2. The van der Waals surface area contributed by atoms with Crippen LogP contribution in [0.1, 0.15) is 18.4 Å². The van der Waals surface area contributed by atoms with Crippen LogP contribution in [0.3, 0.4) is 0 Å². The van der Waals surface area contributed by atoms with E-state index in [0.717, 1.165) is 16.8 Å². The molecule has 0 aromatic carbocycles.